The molecule has 0 saturated carbocycles. The lowest BCUT2D eigenvalue weighted by Gasteiger charge is -2.33. The van der Waals surface area contributed by atoms with Gasteiger partial charge in [-0.1, -0.05) is 12.1 Å². The van der Waals surface area contributed by atoms with Crippen molar-refractivity contribution in [2.45, 2.75) is 12.1 Å². The summed E-state index contributed by atoms with van der Waals surface area (Å²) in [5, 5.41) is 13.2. The number of benzene rings is 1. The number of carbonyl (C=O) groups excluding carboxylic acids is 1. The van der Waals surface area contributed by atoms with Crippen LogP contribution in [0, 0.1) is 0 Å². The van der Waals surface area contributed by atoms with Gasteiger partial charge < -0.3 is 19.9 Å². The number of anilines is 1. The third kappa shape index (κ3) is 4.05. The number of carbonyl (C=O) groups is 1. The number of nitrogens with zero attached hydrogens (tertiary/aromatic N) is 2. The van der Waals surface area contributed by atoms with Gasteiger partial charge in [0.15, 0.2) is 0 Å². The van der Waals surface area contributed by atoms with E-state index in [1.165, 1.54) is 0 Å². The molecule has 24 heavy (non-hydrogen) atoms. The van der Waals surface area contributed by atoms with Crippen molar-refractivity contribution in [2.75, 3.05) is 58.4 Å². The number of para-hydroxylation sites is 2. The number of methoxy groups -OCH3 is 1. The van der Waals surface area contributed by atoms with Crippen LogP contribution in [0.2, 0.25) is 0 Å². The van der Waals surface area contributed by atoms with Gasteiger partial charge in [0.1, 0.15) is 5.75 Å². The van der Waals surface area contributed by atoms with Gasteiger partial charge in [-0.3, -0.25) is 14.6 Å². The molecule has 1 aromatic rings. The van der Waals surface area contributed by atoms with Crippen molar-refractivity contribution in [3.8, 4) is 5.75 Å². The first kappa shape index (κ1) is 17.2. The molecule has 0 aromatic heterocycles. The molecule has 2 heterocycles. The zero-order valence-electron chi connectivity index (χ0n) is 14.0. The minimum Gasteiger partial charge on any atom is -0.495 e. The second kappa shape index (κ2) is 7.94. The summed E-state index contributed by atoms with van der Waals surface area (Å²) in [5.74, 6) is 0.535. The highest BCUT2D eigenvalue weighted by molar-refractivity contribution is 5.93. The summed E-state index contributed by atoms with van der Waals surface area (Å²) in [6.07, 6.45) is -0.429. The van der Waals surface area contributed by atoms with E-state index >= 15 is 0 Å². The molecule has 132 valence electrons. The highest BCUT2D eigenvalue weighted by Crippen LogP contribution is 2.23. The normalized spacial score (nSPS) is 25.6. The van der Waals surface area contributed by atoms with Crippen LogP contribution in [0.25, 0.3) is 0 Å². The zero-order valence-corrected chi connectivity index (χ0v) is 14.0. The van der Waals surface area contributed by atoms with Crippen molar-refractivity contribution in [2.24, 2.45) is 0 Å². The first-order valence-electron chi connectivity index (χ1n) is 8.32. The Hall–Kier alpha value is -1.67. The molecule has 7 heteroatoms. The Bertz CT molecular complexity index is 563. The van der Waals surface area contributed by atoms with Crippen LogP contribution in [-0.4, -0.2) is 86.0 Å². The average Bonchev–Trinajstić information content (AvgIpc) is 2.96. The number of aliphatic hydroxyl groups excluding tert-OH is 1. The molecule has 2 N–H and O–H groups in total. The lowest BCUT2D eigenvalue weighted by molar-refractivity contribution is -0.117. The first-order chi connectivity index (χ1) is 11.7. The maximum absolute atomic E-state index is 12.3. The van der Waals surface area contributed by atoms with Crippen molar-refractivity contribution < 1.29 is 19.4 Å². The molecule has 0 spiro atoms. The Morgan fingerprint density at radius 2 is 2.08 bits per heavy atom. The quantitative estimate of drug-likeness (QED) is 0.790. The Kier molecular flexibility index (Phi) is 5.68. The second-order valence-electron chi connectivity index (χ2n) is 6.23. The number of nitrogens with one attached hydrogen (secondary N) is 1. The fourth-order valence-electron chi connectivity index (χ4n) is 3.38. The van der Waals surface area contributed by atoms with E-state index in [4.69, 9.17) is 9.47 Å². The third-order valence-electron chi connectivity index (χ3n) is 4.60. The maximum atomic E-state index is 12.3. The Labute approximate surface area is 142 Å². The lowest BCUT2D eigenvalue weighted by Crippen LogP contribution is -2.49. The number of rotatable bonds is 5. The fraction of sp³-hybridized carbons (Fsp3) is 0.588. The molecule has 2 saturated heterocycles. The molecule has 2 fully saturated rings. The third-order valence-corrected chi connectivity index (χ3v) is 4.60. The SMILES string of the molecule is COc1ccccc1NC(=O)CN1C[C@H](O)[C@@H](N2CCOCC2)C1. The summed E-state index contributed by atoms with van der Waals surface area (Å²) < 4.78 is 10.6. The number of hydrogen-bond acceptors (Lipinski definition) is 6. The molecule has 2 atom stereocenters. The molecular formula is C17H25N3O4. The molecule has 2 aliphatic heterocycles. The van der Waals surface area contributed by atoms with Gasteiger partial charge in [0.2, 0.25) is 5.91 Å². The van der Waals surface area contributed by atoms with Gasteiger partial charge in [-0.25, -0.2) is 0 Å². The van der Waals surface area contributed by atoms with E-state index in [-0.39, 0.29) is 18.5 Å². The Balaban J connectivity index is 1.53. The van der Waals surface area contributed by atoms with Crippen LogP contribution >= 0.6 is 0 Å². The van der Waals surface area contributed by atoms with Gasteiger partial charge in [0, 0.05) is 32.2 Å². The smallest absolute Gasteiger partial charge is 0.238 e. The zero-order chi connectivity index (χ0) is 16.9. The fourth-order valence-corrected chi connectivity index (χ4v) is 3.38. The minimum atomic E-state index is -0.429. The molecule has 0 unspecified atom stereocenters. The lowest BCUT2D eigenvalue weighted by atomic mass is 10.2. The Morgan fingerprint density at radius 3 is 2.83 bits per heavy atom. The predicted octanol–water partition coefficient (Wildman–Crippen LogP) is 0.0110. The molecular weight excluding hydrogens is 310 g/mol. The predicted molar refractivity (Wildman–Crippen MR) is 90.3 cm³/mol. The van der Waals surface area contributed by atoms with Crippen LogP contribution in [0.5, 0.6) is 5.75 Å². The van der Waals surface area contributed by atoms with E-state index in [0.717, 1.165) is 13.1 Å². The molecule has 1 amide bonds. The summed E-state index contributed by atoms with van der Waals surface area (Å²) in [6.45, 7) is 4.55. The number of likely N-dealkylation sites (tertiary alicyclic amines) is 1. The highest BCUT2D eigenvalue weighted by Gasteiger charge is 2.36. The van der Waals surface area contributed by atoms with E-state index in [1.807, 2.05) is 29.2 Å². The van der Waals surface area contributed by atoms with Crippen LogP contribution in [0.15, 0.2) is 24.3 Å². The molecule has 0 aliphatic carbocycles. The minimum absolute atomic E-state index is 0.0768. The van der Waals surface area contributed by atoms with Gasteiger partial charge in [-0.2, -0.15) is 0 Å². The second-order valence-corrected chi connectivity index (χ2v) is 6.23. The van der Waals surface area contributed by atoms with Crippen LogP contribution in [-0.2, 0) is 9.53 Å². The summed E-state index contributed by atoms with van der Waals surface area (Å²) in [4.78, 5) is 16.6. The molecule has 7 nitrogen and oxygen atoms in total. The van der Waals surface area contributed by atoms with Crippen LogP contribution < -0.4 is 10.1 Å². The number of morpholine rings is 1. The molecule has 0 radical (unpaired) electrons. The van der Waals surface area contributed by atoms with E-state index in [0.29, 0.717) is 37.7 Å². The van der Waals surface area contributed by atoms with Crippen molar-refractivity contribution in [3.63, 3.8) is 0 Å². The van der Waals surface area contributed by atoms with Gasteiger partial charge in [-0.15, -0.1) is 0 Å². The summed E-state index contributed by atoms with van der Waals surface area (Å²) in [6, 6.07) is 7.41. The number of β-amino-alcohol motifs (C(OH)–C–C–N with tert-alkyl or cyclic N) is 1. The van der Waals surface area contributed by atoms with E-state index in [2.05, 4.69) is 10.2 Å². The van der Waals surface area contributed by atoms with Crippen LogP contribution in [0.4, 0.5) is 5.69 Å². The standard InChI is InChI=1S/C17H25N3O4/c1-23-16-5-3-2-4-13(16)18-17(22)12-19-10-14(15(21)11-19)20-6-8-24-9-7-20/h2-5,14-15,21H,6-12H2,1H3,(H,18,22)/t14-,15-/m0/s1. The van der Waals surface area contributed by atoms with Gasteiger partial charge in [0.05, 0.1) is 38.7 Å². The first-order valence-corrected chi connectivity index (χ1v) is 8.32. The molecule has 3 rings (SSSR count). The van der Waals surface area contributed by atoms with Crippen molar-refractivity contribution in [3.05, 3.63) is 24.3 Å². The van der Waals surface area contributed by atoms with E-state index in [9.17, 15) is 9.90 Å². The highest BCUT2D eigenvalue weighted by atomic mass is 16.5. The summed E-state index contributed by atoms with van der Waals surface area (Å²) in [5.41, 5.74) is 0.662. The van der Waals surface area contributed by atoms with Gasteiger partial charge in [0.25, 0.3) is 0 Å². The average molecular weight is 335 g/mol. The van der Waals surface area contributed by atoms with Crippen LogP contribution in [0.1, 0.15) is 0 Å². The number of aliphatic hydroxyl groups is 1. The van der Waals surface area contributed by atoms with E-state index in [1.54, 1.807) is 7.11 Å². The number of amides is 1. The number of hydrogen-bond donors (Lipinski definition) is 2. The topological polar surface area (TPSA) is 74.3 Å². The maximum Gasteiger partial charge on any atom is 0.238 e. The largest absolute Gasteiger partial charge is 0.495 e. The van der Waals surface area contributed by atoms with Crippen LogP contribution in [0.3, 0.4) is 0 Å². The molecule has 2 aliphatic rings. The van der Waals surface area contributed by atoms with Gasteiger partial charge >= 0.3 is 0 Å². The molecule has 0 bridgehead atoms. The summed E-state index contributed by atoms with van der Waals surface area (Å²) >= 11 is 0. The Morgan fingerprint density at radius 1 is 1.33 bits per heavy atom. The van der Waals surface area contributed by atoms with Gasteiger partial charge in [-0.05, 0) is 12.1 Å². The van der Waals surface area contributed by atoms with E-state index < -0.39 is 6.10 Å². The number of ether oxygens (including phenoxy) is 2. The molecule has 1 aromatic carbocycles. The van der Waals surface area contributed by atoms with Crippen molar-refractivity contribution in [1.82, 2.24) is 9.80 Å². The van der Waals surface area contributed by atoms with Crippen molar-refractivity contribution in [1.29, 1.82) is 0 Å². The summed E-state index contributed by atoms with van der Waals surface area (Å²) in [7, 11) is 1.58. The van der Waals surface area contributed by atoms with Crippen molar-refractivity contribution >= 4 is 11.6 Å². The monoisotopic (exact) mass is 335 g/mol.